The highest BCUT2D eigenvalue weighted by Crippen LogP contribution is 2.25. The second-order valence-corrected chi connectivity index (χ2v) is 6.88. The molecule has 6 nitrogen and oxygen atoms in total. The minimum atomic E-state index is -0.106. The summed E-state index contributed by atoms with van der Waals surface area (Å²) in [5.41, 5.74) is 1.50. The first-order chi connectivity index (χ1) is 12.1. The van der Waals surface area contributed by atoms with Gasteiger partial charge in [-0.15, -0.1) is 10.2 Å². The van der Waals surface area contributed by atoms with E-state index in [1.165, 1.54) is 11.8 Å². The fourth-order valence-electron chi connectivity index (χ4n) is 2.13. The van der Waals surface area contributed by atoms with Gasteiger partial charge in [0.1, 0.15) is 5.75 Å². The first kappa shape index (κ1) is 17.8. The summed E-state index contributed by atoms with van der Waals surface area (Å²) < 4.78 is 6.77. The van der Waals surface area contributed by atoms with E-state index >= 15 is 0 Å². The number of carbonyl (C=O) groups is 1. The molecule has 0 aliphatic carbocycles. The molecule has 3 aromatic rings. The Balaban J connectivity index is 1.57. The Hall–Kier alpha value is -1.96. The number of methoxy groups -OCH3 is 1. The van der Waals surface area contributed by atoms with Crippen molar-refractivity contribution in [2.75, 3.05) is 12.9 Å². The molecule has 0 aliphatic heterocycles. The molecule has 0 unspecified atom stereocenters. The molecule has 2 aromatic heterocycles. The summed E-state index contributed by atoms with van der Waals surface area (Å²) in [4.78, 5) is 12.0. The third-order valence-electron chi connectivity index (χ3n) is 3.38. The predicted molar refractivity (Wildman–Crippen MR) is 98.6 cm³/mol. The van der Waals surface area contributed by atoms with Crippen LogP contribution in [-0.2, 0) is 11.3 Å². The van der Waals surface area contributed by atoms with Gasteiger partial charge < -0.3 is 10.1 Å². The number of hydrogen-bond donors (Lipinski definition) is 1. The third kappa shape index (κ3) is 4.36. The highest BCUT2D eigenvalue weighted by atomic mass is 35.5. The minimum Gasteiger partial charge on any atom is -0.497 e. The maximum absolute atomic E-state index is 12.0. The molecule has 0 fully saturated rings. The Kier molecular flexibility index (Phi) is 5.67. The SMILES string of the molecule is COc1ccc(CNC(=O)CSc2nnc3c(Cl)cc(Cl)cn23)cc1. The molecule has 0 radical (unpaired) electrons. The van der Waals surface area contributed by atoms with E-state index in [0.29, 0.717) is 27.4 Å². The third-order valence-corrected chi connectivity index (χ3v) is 4.80. The largest absolute Gasteiger partial charge is 0.497 e. The molecular weight excluding hydrogens is 383 g/mol. The van der Waals surface area contributed by atoms with Gasteiger partial charge in [-0.25, -0.2) is 0 Å². The van der Waals surface area contributed by atoms with E-state index in [1.807, 2.05) is 24.3 Å². The van der Waals surface area contributed by atoms with Crippen molar-refractivity contribution in [1.29, 1.82) is 0 Å². The lowest BCUT2D eigenvalue weighted by atomic mass is 10.2. The lowest BCUT2D eigenvalue weighted by Crippen LogP contribution is -2.24. The molecule has 130 valence electrons. The van der Waals surface area contributed by atoms with Crippen molar-refractivity contribution in [1.82, 2.24) is 19.9 Å². The lowest BCUT2D eigenvalue weighted by molar-refractivity contribution is -0.118. The maximum Gasteiger partial charge on any atom is 0.230 e. The van der Waals surface area contributed by atoms with Crippen LogP contribution in [0, 0.1) is 0 Å². The molecule has 0 atom stereocenters. The molecule has 0 saturated heterocycles. The van der Waals surface area contributed by atoms with Crippen molar-refractivity contribution in [3.63, 3.8) is 0 Å². The van der Waals surface area contributed by atoms with Gasteiger partial charge in [-0.3, -0.25) is 9.20 Å². The fraction of sp³-hybridized carbons (Fsp3) is 0.188. The summed E-state index contributed by atoms with van der Waals surface area (Å²) in [5, 5.41) is 12.4. The van der Waals surface area contributed by atoms with Crippen LogP contribution < -0.4 is 10.1 Å². The zero-order valence-corrected chi connectivity index (χ0v) is 15.5. The quantitative estimate of drug-likeness (QED) is 0.646. The maximum atomic E-state index is 12.0. The number of rotatable bonds is 6. The van der Waals surface area contributed by atoms with Gasteiger partial charge in [0.25, 0.3) is 0 Å². The summed E-state index contributed by atoms with van der Waals surface area (Å²) in [6.45, 7) is 0.446. The highest BCUT2D eigenvalue weighted by Gasteiger charge is 2.12. The molecule has 9 heteroatoms. The Bertz CT molecular complexity index is 899. The van der Waals surface area contributed by atoms with E-state index in [2.05, 4.69) is 15.5 Å². The minimum absolute atomic E-state index is 0.106. The number of hydrogen-bond acceptors (Lipinski definition) is 5. The summed E-state index contributed by atoms with van der Waals surface area (Å²) in [5.74, 6) is 0.883. The van der Waals surface area contributed by atoms with Crippen molar-refractivity contribution < 1.29 is 9.53 Å². The molecule has 0 spiro atoms. The van der Waals surface area contributed by atoms with E-state index in [0.717, 1.165) is 11.3 Å². The molecule has 1 N–H and O–H groups in total. The summed E-state index contributed by atoms with van der Waals surface area (Å²) in [7, 11) is 1.61. The van der Waals surface area contributed by atoms with E-state index in [1.54, 1.807) is 23.8 Å². The van der Waals surface area contributed by atoms with Crippen LogP contribution in [-0.4, -0.2) is 33.4 Å². The number of halogens is 2. The van der Waals surface area contributed by atoms with Gasteiger partial charge in [0, 0.05) is 12.7 Å². The average molecular weight is 397 g/mol. The van der Waals surface area contributed by atoms with Crippen molar-refractivity contribution in [2.45, 2.75) is 11.7 Å². The summed E-state index contributed by atoms with van der Waals surface area (Å²) in [6, 6.07) is 9.12. The van der Waals surface area contributed by atoms with Gasteiger partial charge in [0.05, 0.1) is 22.9 Å². The van der Waals surface area contributed by atoms with Crippen LogP contribution in [0.4, 0.5) is 0 Å². The Morgan fingerprint density at radius 3 is 2.76 bits per heavy atom. The number of nitrogens with zero attached hydrogens (tertiary/aromatic N) is 3. The molecule has 1 aromatic carbocycles. The second kappa shape index (κ2) is 7.95. The number of carbonyl (C=O) groups excluding carboxylic acids is 1. The fourth-order valence-corrected chi connectivity index (χ4v) is 3.37. The normalized spacial score (nSPS) is 10.8. The number of benzene rings is 1. The second-order valence-electron chi connectivity index (χ2n) is 5.10. The molecule has 0 saturated carbocycles. The standard InChI is InChI=1S/C16H14Cl2N4O2S/c1-24-12-4-2-10(3-5-12)7-19-14(23)9-25-16-21-20-15-13(18)6-11(17)8-22(15)16/h2-6,8H,7,9H2,1H3,(H,19,23). The molecule has 0 aliphatic rings. The molecule has 0 bridgehead atoms. The topological polar surface area (TPSA) is 68.5 Å². The average Bonchev–Trinajstić information content (AvgIpc) is 3.01. The van der Waals surface area contributed by atoms with Crippen LogP contribution in [0.15, 0.2) is 41.7 Å². The van der Waals surface area contributed by atoms with Gasteiger partial charge in [0.15, 0.2) is 10.8 Å². The first-order valence-electron chi connectivity index (χ1n) is 7.29. The molecule has 1 amide bonds. The highest BCUT2D eigenvalue weighted by molar-refractivity contribution is 7.99. The van der Waals surface area contributed by atoms with Crippen LogP contribution in [0.1, 0.15) is 5.56 Å². The van der Waals surface area contributed by atoms with Gasteiger partial charge in [-0.2, -0.15) is 0 Å². The molecule has 2 heterocycles. The molecular formula is C16H14Cl2N4O2S. The summed E-state index contributed by atoms with van der Waals surface area (Å²) in [6.07, 6.45) is 1.67. The van der Waals surface area contributed by atoms with Gasteiger partial charge in [0.2, 0.25) is 5.91 Å². The zero-order chi connectivity index (χ0) is 17.8. The van der Waals surface area contributed by atoms with E-state index < -0.39 is 0 Å². The monoisotopic (exact) mass is 396 g/mol. The van der Waals surface area contributed by atoms with Gasteiger partial charge in [-0.1, -0.05) is 47.1 Å². The van der Waals surface area contributed by atoms with E-state index in [9.17, 15) is 4.79 Å². The van der Waals surface area contributed by atoms with Crippen LogP contribution in [0.5, 0.6) is 5.75 Å². The van der Waals surface area contributed by atoms with Crippen LogP contribution in [0.2, 0.25) is 10.0 Å². The Morgan fingerprint density at radius 1 is 1.28 bits per heavy atom. The number of nitrogens with one attached hydrogen (secondary N) is 1. The number of amides is 1. The smallest absolute Gasteiger partial charge is 0.230 e. The van der Waals surface area contributed by atoms with Crippen molar-refractivity contribution in [2.24, 2.45) is 0 Å². The zero-order valence-electron chi connectivity index (χ0n) is 13.2. The van der Waals surface area contributed by atoms with Gasteiger partial charge in [-0.05, 0) is 23.8 Å². The molecule has 25 heavy (non-hydrogen) atoms. The van der Waals surface area contributed by atoms with Crippen molar-refractivity contribution >= 4 is 46.5 Å². The number of pyridine rings is 1. The van der Waals surface area contributed by atoms with Crippen molar-refractivity contribution in [3.05, 3.63) is 52.1 Å². The predicted octanol–water partition coefficient (Wildman–Crippen LogP) is 3.45. The number of fused-ring (bicyclic) bond motifs is 1. The van der Waals surface area contributed by atoms with Crippen LogP contribution in [0.3, 0.4) is 0 Å². The Morgan fingerprint density at radius 2 is 2.04 bits per heavy atom. The lowest BCUT2D eigenvalue weighted by Gasteiger charge is -2.06. The number of aromatic nitrogens is 3. The van der Waals surface area contributed by atoms with Crippen molar-refractivity contribution in [3.8, 4) is 5.75 Å². The summed E-state index contributed by atoms with van der Waals surface area (Å²) >= 11 is 13.3. The van der Waals surface area contributed by atoms with E-state index in [4.69, 9.17) is 27.9 Å². The number of ether oxygens (including phenoxy) is 1. The van der Waals surface area contributed by atoms with Gasteiger partial charge >= 0.3 is 0 Å². The first-order valence-corrected chi connectivity index (χ1v) is 9.03. The number of thioether (sulfide) groups is 1. The van der Waals surface area contributed by atoms with Crippen LogP contribution >= 0.6 is 35.0 Å². The van der Waals surface area contributed by atoms with E-state index in [-0.39, 0.29) is 11.7 Å². The van der Waals surface area contributed by atoms with Crippen LogP contribution in [0.25, 0.3) is 5.65 Å². The Labute approximate surface area is 158 Å². The molecule has 3 rings (SSSR count).